The maximum atomic E-state index is 11.5. The smallest absolute Gasteiger partial charge is 0.334 e. The Balaban J connectivity index is 1.87. The van der Waals surface area contributed by atoms with E-state index in [9.17, 15) is 15.0 Å². The maximum Gasteiger partial charge on any atom is 0.334 e. The van der Waals surface area contributed by atoms with Gasteiger partial charge in [-0.2, -0.15) is 0 Å². The summed E-state index contributed by atoms with van der Waals surface area (Å²) in [7, 11) is 0. The van der Waals surface area contributed by atoms with Crippen molar-refractivity contribution in [3.05, 3.63) is 11.6 Å². The molecular formula is C21H38O6. The van der Waals surface area contributed by atoms with Crippen LogP contribution in [0.15, 0.2) is 11.6 Å². The molecule has 0 radical (unpaired) electrons. The van der Waals surface area contributed by atoms with Gasteiger partial charge in [-0.3, -0.25) is 0 Å². The number of cyclic esters (lactones) is 1. The second kappa shape index (κ2) is 15.0. The minimum Gasteiger partial charge on any atom is -0.455 e. The van der Waals surface area contributed by atoms with Gasteiger partial charge in [0.2, 0.25) is 0 Å². The molecule has 0 saturated carbocycles. The van der Waals surface area contributed by atoms with Gasteiger partial charge in [-0.25, -0.2) is 4.79 Å². The predicted octanol–water partition coefficient (Wildman–Crippen LogP) is 3.14. The minimum absolute atomic E-state index is 0.0841. The normalized spacial score (nSPS) is 19.0. The zero-order valence-corrected chi connectivity index (χ0v) is 17.0. The molecular weight excluding hydrogens is 348 g/mol. The molecule has 1 aliphatic heterocycles. The highest BCUT2D eigenvalue weighted by atomic mass is 16.5. The van der Waals surface area contributed by atoms with Crippen LogP contribution in [0.25, 0.3) is 0 Å². The standard InChI is InChI=1S/C21H38O6/c1-3-4-10-19(22)15-25-12-13-26-16-20(23)11-8-6-5-7-9-18-14-17(2)27-21(18)24/h14,17,19-20,22-23H,3-13,15-16H2,1-2H3/t17-,19?,20?/m0/s1. The summed E-state index contributed by atoms with van der Waals surface area (Å²) in [6, 6.07) is 0. The third-order valence-corrected chi connectivity index (χ3v) is 4.61. The molecule has 0 fully saturated rings. The number of rotatable bonds is 17. The second-order valence-corrected chi connectivity index (χ2v) is 7.35. The molecule has 2 N–H and O–H groups in total. The van der Waals surface area contributed by atoms with Gasteiger partial charge in [-0.15, -0.1) is 0 Å². The van der Waals surface area contributed by atoms with Gasteiger partial charge in [-0.1, -0.05) is 39.0 Å². The van der Waals surface area contributed by atoms with E-state index in [2.05, 4.69) is 6.92 Å². The average molecular weight is 387 g/mol. The molecule has 0 aromatic heterocycles. The number of hydrogen-bond donors (Lipinski definition) is 2. The third-order valence-electron chi connectivity index (χ3n) is 4.61. The molecule has 0 aromatic rings. The summed E-state index contributed by atoms with van der Waals surface area (Å²) in [4.78, 5) is 11.5. The first-order valence-corrected chi connectivity index (χ1v) is 10.5. The van der Waals surface area contributed by atoms with Crippen LogP contribution < -0.4 is 0 Å². The summed E-state index contributed by atoms with van der Waals surface area (Å²) in [5, 5.41) is 19.5. The van der Waals surface area contributed by atoms with Crippen LogP contribution in [0.1, 0.15) is 71.6 Å². The molecule has 27 heavy (non-hydrogen) atoms. The molecule has 1 rings (SSSR count). The van der Waals surface area contributed by atoms with Gasteiger partial charge in [0.15, 0.2) is 0 Å². The molecule has 6 nitrogen and oxygen atoms in total. The Morgan fingerprint density at radius 3 is 2.15 bits per heavy atom. The van der Waals surface area contributed by atoms with E-state index in [0.717, 1.165) is 63.4 Å². The molecule has 0 amide bonds. The van der Waals surface area contributed by atoms with E-state index in [1.807, 2.05) is 13.0 Å². The lowest BCUT2D eigenvalue weighted by Gasteiger charge is -2.13. The zero-order chi connectivity index (χ0) is 19.9. The minimum atomic E-state index is -0.450. The molecule has 6 heteroatoms. The number of unbranched alkanes of at least 4 members (excludes halogenated alkanes) is 4. The largest absolute Gasteiger partial charge is 0.455 e. The van der Waals surface area contributed by atoms with Gasteiger partial charge in [0, 0.05) is 5.57 Å². The van der Waals surface area contributed by atoms with Crippen molar-refractivity contribution in [2.45, 2.75) is 89.9 Å². The fraction of sp³-hybridized carbons (Fsp3) is 0.857. The molecule has 2 unspecified atom stereocenters. The quantitative estimate of drug-likeness (QED) is 0.295. The highest BCUT2D eigenvalue weighted by molar-refractivity contribution is 5.90. The summed E-state index contributed by atoms with van der Waals surface area (Å²) >= 11 is 0. The fourth-order valence-electron chi connectivity index (χ4n) is 3.03. The van der Waals surface area contributed by atoms with Gasteiger partial charge < -0.3 is 24.4 Å². The number of aliphatic hydroxyl groups excluding tert-OH is 2. The predicted molar refractivity (Wildman–Crippen MR) is 105 cm³/mol. The number of carbonyl (C=O) groups excluding carboxylic acids is 1. The van der Waals surface area contributed by atoms with Crippen LogP contribution >= 0.6 is 0 Å². The van der Waals surface area contributed by atoms with Crippen molar-refractivity contribution in [2.24, 2.45) is 0 Å². The molecule has 1 aliphatic rings. The Morgan fingerprint density at radius 1 is 1.00 bits per heavy atom. The van der Waals surface area contributed by atoms with Crippen LogP contribution in [0, 0.1) is 0 Å². The van der Waals surface area contributed by atoms with Crippen LogP contribution in [0.2, 0.25) is 0 Å². The van der Waals surface area contributed by atoms with Crippen molar-refractivity contribution in [3.63, 3.8) is 0 Å². The summed E-state index contributed by atoms with van der Waals surface area (Å²) in [6.45, 7) is 5.50. The van der Waals surface area contributed by atoms with Crippen molar-refractivity contribution < 1.29 is 29.2 Å². The van der Waals surface area contributed by atoms with Crippen molar-refractivity contribution in [1.29, 1.82) is 0 Å². The lowest BCUT2D eigenvalue weighted by molar-refractivity contribution is -0.139. The van der Waals surface area contributed by atoms with E-state index in [1.165, 1.54) is 0 Å². The summed E-state index contributed by atoms with van der Waals surface area (Å²) < 4.78 is 15.8. The van der Waals surface area contributed by atoms with Crippen LogP contribution in [-0.4, -0.2) is 60.9 Å². The van der Waals surface area contributed by atoms with E-state index in [0.29, 0.717) is 26.4 Å². The molecule has 0 spiro atoms. The van der Waals surface area contributed by atoms with Crippen molar-refractivity contribution in [1.82, 2.24) is 0 Å². The van der Waals surface area contributed by atoms with Crippen molar-refractivity contribution in [3.8, 4) is 0 Å². The number of carbonyl (C=O) groups is 1. The molecule has 0 aliphatic carbocycles. The third kappa shape index (κ3) is 12.2. The Labute approximate surface area is 163 Å². The SMILES string of the molecule is CCCCC(O)COCCOCC(O)CCCCCCC1=C[C@H](C)OC1=O. The van der Waals surface area contributed by atoms with Crippen LogP contribution in [0.4, 0.5) is 0 Å². The molecule has 0 aromatic carbocycles. The Kier molecular flexibility index (Phi) is 13.4. The highest BCUT2D eigenvalue weighted by Crippen LogP contribution is 2.19. The van der Waals surface area contributed by atoms with E-state index >= 15 is 0 Å². The lowest BCUT2D eigenvalue weighted by atomic mass is 10.0. The average Bonchev–Trinajstić information content (AvgIpc) is 2.96. The second-order valence-electron chi connectivity index (χ2n) is 7.35. The first-order valence-electron chi connectivity index (χ1n) is 10.5. The van der Waals surface area contributed by atoms with Gasteiger partial charge in [0.05, 0.1) is 38.6 Å². The fourth-order valence-corrected chi connectivity index (χ4v) is 3.03. The number of esters is 1. The Morgan fingerprint density at radius 2 is 1.59 bits per heavy atom. The van der Waals surface area contributed by atoms with Crippen LogP contribution in [0.3, 0.4) is 0 Å². The van der Waals surface area contributed by atoms with Crippen LogP contribution in [-0.2, 0) is 19.0 Å². The van der Waals surface area contributed by atoms with Gasteiger partial charge >= 0.3 is 5.97 Å². The summed E-state index contributed by atoms with van der Waals surface area (Å²) in [6.07, 6.45) is 9.33. The highest BCUT2D eigenvalue weighted by Gasteiger charge is 2.21. The maximum absolute atomic E-state index is 11.5. The first-order chi connectivity index (χ1) is 13.0. The number of ether oxygens (including phenoxy) is 3. The van der Waals surface area contributed by atoms with E-state index in [4.69, 9.17) is 14.2 Å². The molecule has 0 saturated heterocycles. The van der Waals surface area contributed by atoms with Gasteiger partial charge in [-0.05, 0) is 38.7 Å². The first kappa shape index (κ1) is 24.1. The topological polar surface area (TPSA) is 85.2 Å². The monoisotopic (exact) mass is 386 g/mol. The van der Waals surface area contributed by atoms with Gasteiger partial charge in [0.25, 0.3) is 0 Å². The van der Waals surface area contributed by atoms with E-state index < -0.39 is 12.2 Å². The molecule has 0 bridgehead atoms. The summed E-state index contributed by atoms with van der Waals surface area (Å²) in [5.74, 6) is -0.172. The van der Waals surface area contributed by atoms with E-state index in [1.54, 1.807) is 0 Å². The summed E-state index contributed by atoms with van der Waals surface area (Å²) in [5.41, 5.74) is 0.802. The lowest BCUT2D eigenvalue weighted by Crippen LogP contribution is -2.20. The van der Waals surface area contributed by atoms with Crippen LogP contribution in [0.5, 0.6) is 0 Å². The van der Waals surface area contributed by atoms with Crippen molar-refractivity contribution in [2.75, 3.05) is 26.4 Å². The molecule has 158 valence electrons. The van der Waals surface area contributed by atoms with E-state index in [-0.39, 0.29) is 12.1 Å². The molecule has 3 atom stereocenters. The number of hydrogen-bond acceptors (Lipinski definition) is 6. The Hall–Kier alpha value is -0.950. The number of aliphatic hydroxyl groups is 2. The Bertz CT molecular complexity index is 423. The van der Waals surface area contributed by atoms with Crippen molar-refractivity contribution >= 4 is 5.97 Å². The molecule has 1 heterocycles. The zero-order valence-electron chi connectivity index (χ0n) is 17.0. The van der Waals surface area contributed by atoms with Gasteiger partial charge in [0.1, 0.15) is 6.10 Å².